The van der Waals surface area contributed by atoms with Crippen molar-refractivity contribution in [3.63, 3.8) is 0 Å². The predicted molar refractivity (Wildman–Crippen MR) is 39.5 cm³/mol. The maximum absolute atomic E-state index is 4.90. The van der Waals surface area contributed by atoms with Gasteiger partial charge < -0.3 is 4.74 Å². The molecule has 0 atom stereocenters. The van der Waals surface area contributed by atoms with Crippen molar-refractivity contribution >= 4 is 0 Å². The van der Waals surface area contributed by atoms with Crippen LogP contribution in [0, 0.1) is 0 Å². The minimum absolute atomic E-state index is 0.292. The fraction of sp³-hybridized carbons (Fsp3) is 1.00. The van der Waals surface area contributed by atoms with Gasteiger partial charge in [-0.2, -0.15) is 0 Å². The highest BCUT2D eigenvalue weighted by Gasteiger charge is 1.86. The fourth-order valence-electron chi connectivity index (χ4n) is 0.445. The quantitative estimate of drug-likeness (QED) is 0.308. The van der Waals surface area contributed by atoms with Crippen LogP contribution in [0.3, 0.4) is 0 Å². The van der Waals surface area contributed by atoms with Crippen LogP contribution in [-0.2, 0) is 9.57 Å². The minimum Gasteiger partial charge on any atom is -0.354 e. The largest absolute Gasteiger partial charge is 0.354 e. The summed E-state index contributed by atoms with van der Waals surface area (Å²) in [7, 11) is 0. The SMILES string of the molecule is CCCC[N]OCOCC. The molecule has 0 aliphatic heterocycles. The number of hydrogen-bond acceptors (Lipinski definition) is 2. The van der Waals surface area contributed by atoms with Crippen LogP contribution in [0.25, 0.3) is 0 Å². The van der Waals surface area contributed by atoms with E-state index >= 15 is 0 Å². The summed E-state index contributed by atoms with van der Waals surface area (Å²) in [6.45, 7) is 5.81. The molecule has 3 heteroatoms. The van der Waals surface area contributed by atoms with Gasteiger partial charge in [0.2, 0.25) is 0 Å². The number of hydrogen-bond donors (Lipinski definition) is 0. The van der Waals surface area contributed by atoms with Crippen LogP contribution < -0.4 is 5.48 Å². The van der Waals surface area contributed by atoms with E-state index in [4.69, 9.17) is 9.57 Å². The average Bonchev–Trinajstić information content (AvgIpc) is 1.97. The fourth-order valence-corrected chi connectivity index (χ4v) is 0.445. The van der Waals surface area contributed by atoms with Gasteiger partial charge in [0, 0.05) is 13.2 Å². The first kappa shape index (κ1) is 9.88. The third-order valence-electron chi connectivity index (χ3n) is 1.03. The maximum atomic E-state index is 4.90. The Labute approximate surface area is 62.7 Å². The van der Waals surface area contributed by atoms with Crippen LogP contribution in [0.15, 0.2) is 0 Å². The molecule has 0 rings (SSSR count). The standard InChI is InChI=1S/C7H16NO2/c1-3-5-6-8-10-7-9-4-2/h3-7H2,1-2H3. The molecule has 0 spiro atoms. The van der Waals surface area contributed by atoms with Crippen LogP contribution in [0.4, 0.5) is 0 Å². The second kappa shape index (κ2) is 8.88. The Hall–Kier alpha value is -0.120. The minimum atomic E-state index is 0.292. The molecule has 0 bridgehead atoms. The summed E-state index contributed by atoms with van der Waals surface area (Å²) in [4.78, 5) is 4.78. The van der Waals surface area contributed by atoms with E-state index in [1.54, 1.807) is 0 Å². The highest BCUT2D eigenvalue weighted by Crippen LogP contribution is 1.83. The van der Waals surface area contributed by atoms with Gasteiger partial charge in [-0.25, -0.2) is 0 Å². The molecule has 0 unspecified atom stereocenters. The summed E-state index contributed by atoms with van der Waals surface area (Å²) in [5, 5.41) is 0. The lowest BCUT2D eigenvalue weighted by molar-refractivity contribution is -0.100. The first-order chi connectivity index (χ1) is 4.91. The van der Waals surface area contributed by atoms with Gasteiger partial charge in [-0.05, 0) is 13.3 Å². The summed E-state index contributed by atoms with van der Waals surface area (Å²) in [6, 6.07) is 0. The zero-order valence-electron chi connectivity index (χ0n) is 6.80. The van der Waals surface area contributed by atoms with E-state index in [1.807, 2.05) is 6.92 Å². The second-order valence-corrected chi connectivity index (χ2v) is 1.95. The van der Waals surface area contributed by atoms with E-state index in [0.717, 1.165) is 19.4 Å². The van der Waals surface area contributed by atoms with E-state index in [2.05, 4.69) is 12.4 Å². The lowest BCUT2D eigenvalue weighted by atomic mass is 10.3. The number of rotatable bonds is 7. The zero-order chi connectivity index (χ0) is 7.66. The molecule has 3 nitrogen and oxygen atoms in total. The summed E-state index contributed by atoms with van der Waals surface area (Å²) in [5.74, 6) is 0. The lowest BCUT2D eigenvalue weighted by Gasteiger charge is -2.00. The first-order valence-electron chi connectivity index (χ1n) is 3.78. The van der Waals surface area contributed by atoms with E-state index in [-0.39, 0.29) is 0 Å². The molecule has 0 aromatic rings. The first-order valence-corrected chi connectivity index (χ1v) is 3.78. The Balaban J connectivity index is 2.65. The van der Waals surface area contributed by atoms with E-state index < -0.39 is 0 Å². The zero-order valence-corrected chi connectivity index (χ0v) is 6.80. The van der Waals surface area contributed by atoms with E-state index in [1.165, 1.54) is 0 Å². The molecule has 61 valence electrons. The van der Waals surface area contributed by atoms with Crippen LogP contribution in [-0.4, -0.2) is 19.9 Å². The van der Waals surface area contributed by atoms with Crippen molar-refractivity contribution in [2.24, 2.45) is 0 Å². The number of nitrogens with zero attached hydrogens (tertiary/aromatic N) is 1. The molecule has 0 aliphatic rings. The predicted octanol–water partition coefficient (Wildman–Crippen LogP) is 1.32. The van der Waals surface area contributed by atoms with Gasteiger partial charge in [0.05, 0.1) is 0 Å². The van der Waals surface area contributed by atoms with Crippen molar-refractivity contribution in [2.45, 2.75) is 26.7 Å². The molecular formula is C7H16NO2. The Morgan fingerprint density at radius 3 is 2.70 bits per heavy atom. The maximum Gasteiger partial charge on any atom is 0.168 e. The molecule has 0 fully saturated rings. The molecule has 10 heavy (non-hydrogen) atoms. The summed E-state index contributed by atoms with van der Waals surface area (Å²) < 4.78 is 4.90. The third-order valence-corrected chi connectivity index (χ3v) is 1.03. The van der Waals surface area contributed by atoms with Crippen LogP contribution in [0.1, 0.15) is 26.7 Å². The molecule has 0 saturated carbocycles. The van der Waals surface area contributed by atoms with E-state index in [9.17, 15) is 0 Å². The van der Waals surface area contributed by atoms with Gasteiger partial charge in [-0.15, -0.1) is 0 Å². The van der Waals surface area contributed by atoms with Crippen LogP contribution in [0.2, 0.25) is 0 Å². The van der Waals surface area contributed by atoms with Crippen molar-refractivity contribution in [2.75, 3.05) is 19.9 Å². The van der Waals surface area contributed by atoms with Crippen molar-refractivity contribution in [3.05, 3.63) is 0 Å². The number of ether oxygens (including phenoxy) is 1. The van der Waals surface area contributed by atoms with Crippen LogP contribution >= 0.6 is 0 Å². The lowest BCUT2D eigenvalue weighted by Crippen LogP contribution is -2.10. The Morgan fingerprint density at radius 2 is 2.10 bits per heavy atom. The monoisotopic (exact) mass is 146 g/mol. The molecule has 0 heterocycles. The van der Waals surface area contributed by atoms with Crippen LogP contribution in [0.5, 0.6) is 0 Å². The molecule has 0 amide bonds. The average molecular weight is 146 g/mol. The summed E-state index contributed by atoms with van der Waals surface area (Å²) in [6.07, 6.45) is 2.24. The Bertz CT molecular complexity index is 51.6. The Morgan fingerprint density at radius 1 is 1.30 bits per heavy atom. The van der Waals surface area contributed by atoms with Gasteiger partial charge >= 0.3 is 0 Å². The van der Waals surface area contributed by atoms with Crippen molar-refractivity contribution in [3.8, 4) is 0 Å². The molecule has 0 aliphatic carbocycles. The normalized spacial score (nSPS) is 10.2. The second-order valence-electron chi connectivity index (χ2n) is 1.95. The highest BCUT2D eigenvalue weighted by molar-refractivity contribution is 4.32. The van der Waals surface area contributed by atoms with Gasteiger partial charge in [-0.3, -0.25) is 4.84 Å². The highest BCUT2D eigenvalue weighted by atomic mass is 16.7. The van der Waals surface area contributed by atoms with E-state index in [0.29, 0.717) is 13.4 Å². The number of unbranched alkanes of at least 4 members (excludes halogenated alkanes) is 1. The van der Waals surface area contributed by atoms with Gasteiger partial charge in [0.15, 0.2) is 6.79 Å². The van der Waals surface area contributed by atoms with Crippen molar-refractivity contribution in [1.82, 2.24) is 5.48 Å². The van der Waals surface area contributed by atoms with Crippen molar-refractivity contribution < 1.29 is 9.57 Å². The van der Waals surface area contributed by atoms with Crippen molar-refractivity contribution in [1.29, 1.82) is 0 Å². The molecule has 0 saturated heterocycles. The molecule has 0 aromatic carbocycles. The van der Waals surface area contributed by atoms with Gasteiger partial charge in [0.25, 0.3) is 0 Å². The van der Waals surface area contributed by atoms with Gasteiger partial charge in [0.1, 0.15) is 0 Å². The molecule has 1 radical (unpaired) electrons. The Kier molecular flexibility index (Phi) is 8.77. The smallest absolute Gasteiger partial charge is 0.168 e. The molecular weight excluding hydrogens is 130 g/mol. The molecule has 0 aromatic heterocycles. The third kappa shape index (κ3) is 7.88. The topological polar surface area (TPSA) is 32.6 Å². The molecule has 0 N–H and O–H groups in total. The van der Waals surface area contributed by atoms with Gasteiger partial charge in [-0.1, -0.05) is 18.8 Å². The number of hydroxylamine groups is 1. The summed E-state index contributed by atoms with van der Waals surface area (Å²) in [5.41, 5.74) is 3.77. The summed E-state index contributed by atoms with van der Waals surface area (Å²) >= 11 is 0.